The van der Waals surface area contributed by atoms with Gasteiger partial charge >= 0.3 is 6.18 Å². The van der Waals surface area contributed by atoms with Crippen molar-refractivity contribution in [3.8, 4) is 0 Å². The SMILES string of the molecule is CC(C)c1nn(CC(=O)Nc2ccc3nncn3c2)c(=O)c2sc(C(F)(F)F)nc12. The monoisotopic (exact) mass is 437 g/mol. The molecule has 30 heavy (non-hydrogen) atoms. The smallest absolute Gasteiger partial charge is 0.323 e. The van der Waals surface area contributed by atoms with Crippen LogP contribution in [-0.4, -0.2) is 35.3 Å². The van der Waals surface area contributed by atoms with Crippen molar-refractivity contribution in [3.05, 3.63) is 45.7 Å². The number of nitrogens with one attached hydrogen (secondary N) is 1. The summed E-state index contributed by atoms with van der Waals surface area (Å²) < 4.78 is 41.5. The maximum atomic E-state index is 13.1. The Morgan fingerprint density at radius 1 is 1.30 bits per heavy atom. The fourth-order valence-corrected chi connectivity index (χ4v) is 3.72. The Balaban J connectivity index is 1.68. The zero-order chi connectivity index (χ0) is 21.6. The second-order valence-electron chi connectivity index (χ2n) is 6.76. The molecule has 0 aliphatic carbocycles. The van der Waals surface area contributed by atoms with E-state index in [1.165, 1.54) is 6.33 Å². The minimum absolute atomic E-state index is 0.0814. The van der Waals surface area contributed by atoms with E-state index in [4.69, 9.17) is 0 Å². The van der Waals surface area contributed by atoms with Crippen LogP contribution in [0.15, 0.2) is 29.5 Å². The number of carbonyl (C=O) groups is 1. The molecule has 156 valence electrons. The zero-order valence-corrected chi connectivity index (χ0v) is 16.5. The molecule has 0 radical (unpaired) electrons. The highest BCUT2D eigenvalue weighted by atomic mass is 32.1. The van der Waals surface area contributed by atoms with E-state index in [9.17, 15) is 22.8 Å². The zero-order valence-electron chi connectivity index (χ0n) is 15.6. The van der Waals surface area contributed by atoms with Crippen LogP contribution in [0.25, 0.3) is 15.9 Å². The summed E-state index contributed by atoms with van der Waals surface area (Å²) in [5.41, 5.74) is 0.357. The first-order valence-corrected chi connectivity index (χ1v) is 9.53. The van der Waals surface area contributed by atoms with Crippen molar-refractivity contribution in [1.82, 2.24) is 29.4 Å². The molecule has 0 bridgehead atoms. The van der Waals surface area contributed by atoms with Crippen LogP contribution < -0.4 is 10.9 Å². The Bertz CT molecular complexity index is 1320. The quantitative estimate of drug-likeness (QED) is 0.526. The van der Waals surface area contributed by atoms with E-state index in [2.05, 4.69) is 25.6 Å². The Labute approximate surface area is 170 Å². The van der Waals surface area contributed by atoms with Crippen LogP contribution in [0.2, 0.25) is 0 Å². The van der Waals surface area contributed by atoms with Crippen LogP contribution >= 0.6 is 11.3 Å². The molecule has 4 heterocycles. The van der Waals surface area contributed by atoms with Gasteiger partial charge in [0.2, 0.25) is 5.91 Å². The summed E-state index contributed by atoms with van der Waals surface area (Å²) in [5.74, 6) is -0.867. The van der Waals surface area contributed by atoms with E-state index in [-0.39, 0.29) is 33.2 Å². The maximum Gasteiger partial charge on any atom is 0.443 e. The van der Waals surface area contributed by atoms with E-state index in [0.717, 1.165) is 4.68 Å². The van der Waals surface area contributed by atoms with Crippen molar-refractivity contribution in [1.29, 1.82) is 0 Å². The van der Waals surface area contributed by atoms with E-state index in [1.54, 1.807) is 36.6 Å². The number of rotatable bonds is 4. The lowest BCUT2D eigenvalue weighted by Crippen LogP contribution is -2.30. The van der Waals surface area contributed by atoms with Gasteiger partial charge in [0, 0.05) is 6.20 Å². The molecule has 0 saturated carbocycles. The van der Waals surface area contributed by atoms with Gasteiger partial charge < -0.3 is 5.32 Å². The average molecular weight is 437 g/mol. The lowest BCUT2D eigenvalue weighted by molar-refractivity contribution is -0.137. The molecule has 9 nitrogen and oxygen atoms in total. The number of halogens is 3. The van der Waals surface area contributed by atoms with Gasteiger partial charge in [-0.1, -0.05) is 13.8 Å². The standard InChI is InChI=1S/C17H14F3N7O2S/c1-8(2)12-13-14(30-16(23-13)17(18,19)20)15(29)27(25-12)6-11(28)22-9-3-4-10-24-21-7-26(10)5-9/h3-5,7-8H,6H2,1-2H3,(H,22,28). The first-order valence-electron chi connectivity index (χ1n) is 8.71. The van der Waals surface area contributed by atoms with E-state index >= 15 is 0 Å². The van der Waals surface area contributed by atoms with Crippen LogP contribution in [0.1, 0.15) is 30.5 Å². The van der Waals surface area contributed by atoms with Crippen LogP contribution in [0, 0.1) is 0 Å². The summed E-state index contributed by atoms with van der Waals surface area (Å²) in [7, 11) is 0. The third-order valence-corrected chi connectivity index (χ3v) is 5.27. The predicted molar refractivity (Wildman–Crippen MR) is 102 cm³/mol. The molecule has 1 N–H and O–H groups in total. The van der Waals surface area contributed by atoms with Gasteiger partial charge in [-0.2, -0.15) is 18.3 Å². The molecule has 4 aromatic rings. The average Bonchev–Trinajstić information content (AvgIpc) is 3.30. The molecule has 0 fully saturated rings. The summed E-state index contributed by atoms with van der Waals surface area (Å²) in [6.45, 7) is 2.98. The fraction of sp³-hybridized carbons (Fsp3) is 0.294. The van der Waals surface area contributed by atoms with Gasteiger partial charge in [0.25, 0.3) is 5.56 Å². The molecule has 0 aromatic carbocycles. The summed E-state index contributed by atoms with van der Waals surface area (Å²) in [6.07, 6.45) is -1.62. The minimum Gasteiger partial charge on any atom is -0.323 e. The molecule has 0 unspecified atom stereocenters. The normalized spacial score (nSPS) is 12.2. The number of aromatic nitrogens is 6. The van der Waals surface area contributed by atoms with Crippen LogP contribution in [0.5, 0.6) is 0 Å². The molecule has 4 rings (SSSR count). The topological polar surface area (TPSA) is 107 Å². The first-order chi connectivity index (χ1) is 14.1. The number of pyridine rings is 1. The lowest BCUT2D eigenvalue weighted by Gasteiger charge is -2.11. The van der Waals surface area contributed by atoms with Crippen LogP contribution in [0.3, 0.4) is 0 Å². The summed E-state index contributed by atoms with van der Waals surface area (Å²) >= 11 is 0.252. The number of amides is 1. The minimum atomic E-state index is -4.67. The van der Waals surface area contributed by atoms with Crippen molar-refractivity contribution in [3.63, 3.8) is 0 Å². The number of fused-ring (bicyclic) bond motifs is 2. The number of carbonyl (C=O) groups excluding carboxylic acids is 1. The molecule has 0 atom stereocenters. The number of nitrogens with zero attached hydrogens (tertiary/aromatic N) is 6. The molecule has 1 amide bonds. The fourth-order valence-electron chi connectivity index (χ4n) is 2.83. The Kier molecular flexibility index (Phi) is 4.76. The Morgan fingerprint density at radius 3 is 2.77 bits per heavy atom. The molecule has 4 aromatic heterocycles. The Morgan fingerprint density at radius 2 is 2.07 bits per heavy atom. The van der Waals surface area contributed by atoms with Gasteiger partial charge in [0.05, 0.1) is 11.4 Å². The number of anilines is 1. The maximum absolute atomic E-state index is 13.1. The number of thiazole rings is 1. The summed E-state index contributed by atoms with van der Waals surface area (Å²) in [4.78, 5) is 28.7. The summed E-state index contributed by atoms with van der Waals surface area (Å²) in [5, 5.41) is 13.2. The highest BCUT2D eigenvalue weighted by Gasteiger charge is 2.36. The third-order valence-electron chi connectivity index (χ3n) is 4.18. The molecule has 0 spiro atoms. The molecule has 0 saturated heterocycles. The predicted octanol–water partition coefficient (Wildman–Crippen LogP) is 2.68. The van der Waals surface area contributed by atoms with Crippen molar-refractivity contribution in [2.75, 3.05) is 5.32 Å². The third kappa shape index (κ3) is 3.63. The van der Waals surface area contributed by atoms with Crippen molar-refractivity contribution >= 4 is 38.8 Å². The van der Waals surface area contributed by atoms with Gasteiger partial charge in [-0.05, 0) is 18.1 Å². The van der Waals surface area contributed by atoms with E-state index < -0.39 is 29.2 Å². The number of alkyl halides is 3. The second kappa shape index (κ2) is 7.16. The molecular weight excluding hydrogens is 423 g/mol. The largest absolute Gasteiger partial charge is 0.443 e. The highest BCUT2D eigenvalue weighted by molar-refractivity contribution is 7.18. The van der Waals surface area contributed by atoms with Gasteiger partial charge in [-0.25, -0.2) is 9.67 Å². The van der Waals surface area contributed by atoms with Crippen LogP contribution in [-0.2, 0) is 17.5 Å². The molecule has 0 aliphatic heterocycles. The first kappa shape index (κ1) is 19.9. The van der Waals surface area contributed by atoms with Gasteiger partial charge in [0.15, 0.2) is 10.7 Å². The van der Waals surface area contributed by atoms with Gasteiger partial charge in [-0.15, -0.1) is 21.5 Å². The van der Waals surface area contributed by atoms with Crippen molar-refractivity contribution < 1.29 is 18.0 Å². The number of hydrogen-bond donors (Lipinski definition) is 1. The lowest BCUT2D eigenvalue weighted by atomic mass is 10.1. The van der Waals surface area contributed by atoms with E-state index in [1.807, 2.05) is 0 Å². The Hall–Kier alpha value is -3.35. The van der Waals surface area contributed by atoms with Crippen molar-refractivity contribution in [2.24, 2.45) is 0 Å². The number of hydrogen-bond acceptors (Lipinski definition) is 7. The molecule has 0 aliphatic rings. The van der Waals surface area contributed by atoms with Gasteiger partial charge in [0.1, 0.15) is 23.1 Å². The van der Waals surface area contributed by atoms with Crippen LogP contribution in [0.4, 0.5) is 18.9 Å². The van der Waals surface area contributed by atoms with E-state index in [0.29, 0.717) is 11.3 Å². The molecule has 13 heteroatoms. The highest BCUT2D eigenvalue weighted by Crippen LogP contribution is 2.35. The van der Waals surface area contributed by atoms with Crippen molar-refractivity contribution in [2.45, 2.75) is 32.5 Å². The second-order valence-corrected chi connectivity index (χ2v) is 7.76. The van der Waals surface area contributed by atoms with Gasteiger partial charge in [-0.3, -0.25) is 14.0 Å². The molecular formula is C17H14F3N7O2S. The summed E-state index contributed by atoms with van der Waals surface area (Å²) in [6, 6.07) is 3.26.